The molecule has 33 heavy (non-hydrogen) atoms. The van der Waals surface area contributed by atoms with Gasteiger partial charge < -0.3 is 26.0 Å². The maximum atomic E-state index is 12.4. The molecule has 3 rings (SSSR count). The van der Waals surface area contributed by atoms with Crippen molar-refractivity contribution in [3.8, 4) is 5.75 Å². The second-order valence-corrected chi connectivity index (χ2v) is 7.60. The van der Waals surface area contributed by atoms with Crippen molar-refractivity contribution in [3.05, 3.63) is 60.6 Å². The van der Waals surface area contributed by atoms with Crippen molar-refractivity contribution >= 4 is 29.0 Å². The van der Waals surface area contributed by atoms with E-state index in [2.05, 4.69) is 20.7 Å². The molecule has 0 radical (unpaired) electrons. The smallest absolute Gasteiger partial charge is 0.244 e. The molecule has 1 aromatic carbocycles. The highest BCUT2D eigenvalue weighted by molar-refractivity contribution is 5.90. The number of carbonyl (C=O) groups is 2. The number of ether oxygens (including phenoxy) is 1. The summed E-state index contributed by atoms with van der Waals surface area (Å²) in [6.07, 6.45) is 5.00. The Kier molecular flexibility index (Phi) is 8.23. The molecule has 0 spiro atoms. The lowest BCUT2D eigenvalue weighted by molar-refractivity contribution is -0.131. The average Bonchev–Trinajstić information content (AvgIpc) is 3.21. The fourth-order valence-corrected chi connectivity index (χ4v) is 2.94. The van der Waals surface area contributed by atoms with Crippen molar-refractivity contribution in [2.75, 3.05) is 43.1 Å². The molecule has 0 unspecified atom stereocenters. The molecular formula is C23H29N7O3. The van der Waals surface area contributed by atoms with Crippen molar-refractivity contribution in [3.63, 3.8) is 0 Å². The summed E-state index contributed by atoms with van der Waals surface area (Å²) >= 11 is 0. The summed E-state index contributed by atoms with van der Waals surface area (Å²) in [4.78, 5) is 30.1. The molecule has 0 aliphatic rings. The van der Waals surface area contributed by atoms with Crippen LogP contribution in [0.1, 0.15) is 12.0 Å². The van der Waals surface area contributed by atoms with Gasteiger partial charge in [-0.15, -0.1) is 0 Å². The van der Waals surface area contributed by atoms with E-state index < -0.39 is 0 Å². The van der Waals surface area contributed by atoms with E-state index in [0.29, 0.717) is 31.2 Å². The second kappa shape index (κ2) is 11.5. The van der Waals surface area contributed by atoms with Crippen LogP contribution < -0.4 is 21.1 Å². The SMILES string of the molecule is Cc1ccc(OCCN(C)C(=O)Cn2cc(NC(=O)CCNc3ccnc(N)c3)cn2)cc1. The van der Waals surface area contributed by atoms with Crippen molar-refractivity contribution < 1.29 is 14.3 Å². The Morgan fingerprint density at radius 1 is 1.18 bits per heavy atom. The van der Waals surface area contributed by atoms with E-state index >= 15 is 0 Å². The van der Waals surface area contributed by atoms with Gasteiger partial charge in [-0.05, 0) is 25.1 Å². The number of likely N-dealkylation sites (N-methyl/N-ethyl adjacent to an activating group) is 1. The number of benzene rings is 1. The standard InChI is InChI=1S/C23H29N7O3/c1-17-3-5-20(6-4-17)33-12-11-29(2)23(32)16-30-15-19(14-27-30)28-22(31)8-10-25-18-7-9-26-21(24)13-18/h3-7,9,13-15H,8,10-12,16H2,1-2H3,(H,28,31)(H3,24,25,26). The fraction of sp³-hybridized carbons (Fsp3) is 0.304. The first-order valence-electron chi connectivity index (χ1n) is 10.6. The van der Waals surface area contributed by atoms with E-state index in [9.17, 15) is 9.59 Å². The summed E-state index contributed by atoms with van der Waals surface area (Å²) in [6, 6.07) is 11.2. The number of aromatic nitrogens is 3. The highest BCUT2D eigenvalue weighted by Gasteiger charge is 2.11. The molecule has 4 N–H and O–H groups in total. The topological polar surface area (TPSA) is 127 Å². The third kappa shape index (κ3) is 7.84. The molecule has 2 heterocycles. The largest absolute Gasteiger partial charge is 0.492 e. The van der Waals surface area contributed by atoms with Crippen LogP contribution in [0.15, 0.2) is 55.0 Å². The molecule has 174 valence electrons. The van der Waals surface area contributed by atoms with Crippen molar-refractivity contribution in [2.45, 2.75) is 19.9 Å². The highest BCUT2D eigenvalue weighted by atomic mass is 16.5. The maximum absolute atomic E-state index is 12.4. The summed E-state index contributed by atoms with van der Waals surface area (Å²) < 4.78 is 7.16. The molecule has 0 atom stereocenters. The van der Waals surface area contributed by atoms with Gasteiger partial charge in [-0.25, -0.2) is 4.98 Å². The van der Waals surface area contributed by atoms with Crippen molar-refractivity contribution in [2.24, 2.45) is 0 Å². The zero-order valence-electron chi connectivity index (χ0n) is 18.8. The quantitative estimate of drug-likeness (QED) is 0.408. The monoisotopic (exact) mass is 451 g/mol. The number of carbonyl (C=O) groups excluding carboxylic acids is 2. The molecule has 3 aromatic rings. The van der Waals surface area contributed by atoms with Gasteiger partial charge in [-0.2, -0.15) is 5.10 Å². The lowest BCUT2D eigenvalue weighted by atomic mass is 10.2. The third-order valence-corrected chi connectivity index (χ3v) is 4.82. The second-order valence-electron chi connectivity index (χ2n) is 7.60. The summed E-state index contributed by atoms with van der Waals surface area (Å²) in [7, 11) is 1.72. The van der Waals surface area contributed by atoms with E-state index in [1.165, 1.54) is 10.9 Å². The van der Waals surface area contributed by atoms with Gasteiger partial charge in [-0.3, -0.25) is 14.3 Å². The molecule has 0 aliphatic heterocycles. The van der Waals surface area contributed by atoms with Crippen LogP contribution in [0.3, 0.4) is 0 Å². The van der Waals surface area contributed by atoms with Crippen LogP contribution in [0.4, 0.5) is 17.2 Å². The third-order valence-electron chi connectivity index (χ3n) is 4.82. The number of hydrogen-bond acceptors (Lipinski definition) is 7. The summed E-state index contributed by atoms with van der Waals surface area (Å²) in [6.45, 7) is 3.37. The van der Waals surface area contributed by atoms with Gasteiger partial charge in [-0.1, -0.05) is 17.7 Å². The number of anilines is 3. The molecule has 0 bridgehead atoms. The van der Waals surface area contributed by atoms with Crippen LogP contribution >= 0.6 is 0 Å². The Balaban J connectivity index is 1.36. The van der Waals surface area contributed by atoms with Crippen LogP contribution in [-0.2, 0) is 16.1 Å². The molecule has 10 nitrogen and oxygen atoms in total. The number of hydrogen-bond donors (Lipinski definition) is 3. The number of amides is 2. The number of nitrogens with two attached hydrogens (primary N) is 1. The molecule has 0 saturated heterocycles. The van der Waals surface area contributed by atoms with Crippen LogP contribution in [-0.4, -0.2) is 58.2 Å². The summed E-state index contributed by atoms with van der Waals surface area (Å²) in [5, 5.41) is 10.0. The molecule has 10 heteroatoms. The van der Waals surface area contributed by atoms with E-state index in [-0.39, 0.29) is 24.8 Å². The molecule has 2 aromatic heterocycles. The molecular weight excluding hydrogens is 422 g/mol. The normalized spacial score (nSPS) is 10.5. The van der Waals surface area contributed by atoms with Crippen LogP contribution in [0.25, 0.3) is 0 Å². The van der Waals surface area contributed by atoms with Gasteiger partial charge in [0.2, 0.25) is 11.8 Å². The van der Waals surface area contributed by atoms with Gasteiger partial charge in [0, 0.05) is 44.2 Å². The molecule has 0 fully saturated rings. The number of nitrogens with zero attached hydrogens (tertiary/aromatic N) is 4. The lowest BCUT2D eigenvalue weighted by Crippen LogP contribution is -2.33. The minimum atomic E-state index is -0.166. The minimum absolute atomic E-state index is 0.0714. The van der Waals surface area contributed by atoms with Gasteiger partial charge in [0.25, 0.3) is 0 Å². The number of aryl methyl sites for hydroxylation is 1. The van der Waals surface area contributed by atoms with Crippen LogP contribution in [0.5, 0.6) is 5.75 Å². The molecule has 0 aliphatic carbocycles. The zero-order valence-corrected chi connectivity index (χ0v) is 18.8. The predicted molar refractivity (Wildman–Crippen MR) is 127 cm³/mol. The van der Waals surface area contributed by atoms with Gasteiger partial charge in [0.1, 0.15) is 24.7 Å². The Morgan fingerprint density at radius 3 is 2.73 bits per heavy atom. The Hall–Kier alpha value is -4.08. The Labute approximate surface area is 192 Å². The predicted octanol–water partition coefficient (Wildman–Crippen LogP) is 2.15. The highest BCUT2D eigenvalue weighted by Crippen LogP contribution is 2.12. The van der Waals surface area contributed by atoms with E-state index in [1.54, 1.807) is 36.5 Å². The summed E-state index contributed by atoms with van der Waals surface area (Å²) in [5.41, 5.74) is 8.13. The van der Waals surface area contributed by atoms with Crippen LogP contribution in [0, 0.1) is 6.92 Å². The zero-order chi connectivity index (χ0) is 23.6. The molecule has 0 saturated carbocycles. The number of nitrogen functional groups attached to an aromatic ring is 1. The van der Waals surface area contributed by atoms with Crippen LogP contribution in [0.2, 0.25) is 0 Å². The number of pyridine rings is 1. The van der Waals surface area contributed by atoms with E-state index in [0.717, 1.165) is 17.0 Å². The van der Waals surface area contributed by atoms with Gasteiger partial charge in [0.15, 0.2) is 0 Å². The van der Waals surface area contributed by atoms with Gasteiger partial charge in [0.05, 0.1) is 18.4 Å². The Morgan fingerprint density at radius 2 is 1.97 bits per heavy atom. The van der Waals surface area contributed by atoms with Crippen molar-refractivity contribution in [1.82, 2.24) is 19.7 Å². The first-order valence-corrected chi connectivity index (χ1v) is 10.6. The first-order chi connectivity index (χ1) is 15.9. The Bertz CT molecular complexity index is 1070. The molecule has 2 amide bonds. The fourth-order valence-electron chi connectivity index (χ4n) is 2.94. The minimum Gasteiger partial charge on any atom is -0.492 e. The maximum Gasteiger partial charge on any atom is 0.244 e. The summed E-state index contributed by atoms with van der Waals surface area (Å²) in [5.74, 6) is 0.912. The van der Waals surface area contributed by atoms with E-state index in [4.69, 9.17) is 10.5 Å². The van der Waals surface area contributed by atoms with E-state index in [1.807, 2.05) is 31.2 Å². The number of rotatable bonds is 11. The first kappa shape index (κ1) is 23.6. The average molecular weight is 452 g/mol. The lowest BCUT2D eigenvalue weighted by Gasteiger charge is -2.17. The number of nitrogens with one attached hydrogen (secondary N) is 2. The van der Waals surface area contributed by atoms with Crippen molar-refractivity contribution in [1.29, 1.82) is 0 Å². The van der Waals surface area contributed by atoms with Gasteiger partial charge >= 0.3 is 0 Å².